The third-order valence-electron chi connectivity index (χ3n) is 3.10. The number of non-ortho nitro benzene ring substituents is 1. The fraction of sp³-hybridized carbons (Fsp3) is 0.0625. The molecular formula is C16H11BrN3O7-. The third-order valence-corrected chi connectivity index (χ3v) is 3.52. The molecule has 140 valence electrons. The Labute approximate surface area is 160 Å². The van der Waals surface area contributed by atoms with Gasteiger partial charge in [-0.1, -0.05) is 0 Å². The molecule has 1 aromatic carbocycles. The summed E-state index contributed by atoms with van der Waals surface area (Å²) in [4.78, 5) is 45.0. The molecule has 0 radical (unpaired) electrons. The summed E-state index contributed by atoms with van der Waals surface area (Å²) in [5.41, 5.74) is -0.0812. The lowest BCUT2D eigenvalue weighted by Gasteiger charge is -2.10. The first-order chi connectivity index (χ1) is 12.8. The van der Waals surface area contributed by atoms with Crippen LogP contribution in [0.5, 0.6) is 0 Å². The Morgan fingerprint density at radius 3 is 2.33 bits per heavy atom. The fourth-order valence-corrected chi connectivity index (χ4v) is 2.19. The largest absolute Gasteiger partial charge is 0.548 e. The SMILES string of the molecule is O=C([O-])CNC(=O)/C(=C/c1ccc([N+](=O)[O-])cc1)NC(=O)c1ccc(Br)o1. The van der Waals surface area contributed by atoms with Crippen molar-refractivity contribution in [3.63, 3.8) is 0 Å². The van der Waals surface area contributed by atoms with Crippen molar-refractivity contribution in [1.82, 2.24) is 10.6 Å². The van der Waals surface area contributed by atoms with E-state index in [-0.39, 0.29) is 17.1 Å². The summed E-state index contributed by atoms with van der Waals surface area (Å²) in [6.07, 6.45) is 1.23. The molecule has 1 aromatic heterocycles. The van der Waals surface area contributed by atoms with E-state index in [9.17, 15) is 29.6 Å². The van der Waals surface area contributed by atoms with E-state index in [1.165, 1.54) is 42.5 Å². The van der Waals surface area contributed by atoms with Crippen molar-refractivity contribution in [3.05, 3.63) is 68.2 Å². The Morgan fingerprint density at radius 1 is 1.15 bits per heavy atom. The van der Waals surface area contributed by atoms with Crippen LogP contribution in [-0.2, 0) is 9.59 Å². The van der Waals surface area contributed by atoms with E-state index in [2.05, 4.69) is 26.6 Å². The molecule has 10 nitrogen and oxygen atoms in total. The normalized spacial score (nSPS) is 10.9. The molecule has 0 spiro atoms. The van der Waals surface area contributed by atoms with Crippen molar-refractivity contribution < 1.29 is 28.8 Å². The zero-order valence-electron chi connectivity index (χ0n) is 13.4. The quantitative estimate of drug-likeness (QED) is 0.365. The van der Waals surface area contributed by atoms with Crippen LogP contribution < -0.4 is 15.7 Å². The number of amides is 2. The van der Waals surface area contributed by atoms with Gasteiger partial charge in [0.15, 0.2) is 10.4 Å². The first-order valence-corrected chi connectivity index (χ1v) is 8.06. The molecule has 0 aliphatic carbocycles. The lowest BCUT2D eigenvalue weighted by Crippen LogP contribution is -2.41. The highest BCUT2D eigenvalue weighted by molar-refractivity contribution is 9.10. The monoisotopic (exact) mass is 436 g/mol. The number of nitrogens with one attached hydrogen (secondary N) is 2. The Morgan fingerprint density at radius 2 is 1.81 bits per heavy atom. The number of carbonyl (C=O) groups is 3. The Hall–Kier alpha value is -3.47. The van der Waals surface area contributed by atoms with Gasteiger partial charge in [0.25, 0.3) is 17.5 Å². The molecule has 0 saturated carbocycles. The molecule has 0 saturated heterocycles. The minimum atomic E-state index is -1.51. The highest BCUT2D eigenvalue weighted by Gasteiger charge is 2.17. The van der Waals surface area contributed by atoms with Crippen molar-refractivity contribution in [1.29, 1.82) is 0 Å². The standard InChI is InChI=1S/C16H12BrN3O7/c17-13-6-5-12(27-13)16(24)19-11(15(23)18-8-14(21)22)7-9-1-3-10(4-2-9)20(25)26/h1-7H,8H2,(H,18,23)(H,19,24)(H,21,22)/p-1/b11-7-. The van der Waals surface area contributed by atoms with Gasteiger partial charge in [-0.15, -0.1) is 0 Å². The van der Waals surface area contributed by atoms with Crippen LogP contribution in [0.15, 0.2) is 51.2 Å². The summed E-state index contributed by atoms with van der Waals surface area (Å²) in [5, 5.41) is 25.6. The number of carboxylic acids is 1. The predicted molar refractivity (Wildman–Crippen MR) is 93.0 cm³/mol. The number of nitro groups is 1. The van der Waals surface area contributed by atoms with Crippen LogP contribution >= 0.6 is 15.9 Å². The van der Waals surface area contributed by atoms with E-state index in [4.69, 9.17) is 4.42 Å². The summed E-state index contributed by atoms with van der Waals surface area (Å²) in [5.74, 6) is -3.25. The minimum absolute atomic E-state index is 0.0934. The highest BCUT2D eigenvalue weighted by atomic mass is 79.9. The van der Waals surface area contributed by atoms with Gasteiger partial charge in [-0.3, -0.25) is 19.7 Å². The summed E-state index contributed by atoms with van der Waals surface area (Å²) < 4.78 is 5.38. The molecule has 0 fully saturated rings. The number of hydrogen-bond donors (Lipinski definition) is 2. The Kier molecular flexibility index (Phi) is 6.44. The minimum Gasteiger partial charge on any atom is -0.548 e. The first-order valence-electron chi connectivity index (χ1n) is 7.27. The van der Waals surface area contributed by atoms with E-state index in [0.29, 0.717) is 10.2 Å². The van der Waals surface area contributed by atoms with Crippen LogP contribution in [0.2, 0.25) is 0 Å². The fourth-order valence-electron chi connectivity index (χ4n) is 1.89. The summed E-state index contributed by atoms with van der Waals surface area (Å²) in [6, 6.07) is 7.99. The molecule has 0 aliphatic heterocycles. The van der Waals surface area contributed by atoms with Crippen molar-refractivity contribution >= 4 is 45.5 Å². The van der Waals surface area contributed by atoms with Gasteiger partial charge in [0.1, 0.15) is 5.70 Å². The molecule has 0 atom stereocenters. The number of halogens is 1. The van der Waals surface area contributed by atoms with Gasteiger partial charge in [0.2, 0.25) is 0 Å². The number of aliphatic carboxylic acids is 1. The molecule has 0 unspecified atom stereocenters. The van der Waals surface area contributed by atoms with E-state index in [1.54, 1.807) is 0 Å². The van der Waals surface area contributed by atoms with Gasteiger partial charge >= 0.3 is 0 Å². The second kappa shape index (κ2) is 8.76. The molecular weight excluding hydrogens is 426 g/mol. The smallest absolute Gasteiger partial charge is 0.291 e. The number of carboxylic acid groups (broad SMARTS) is 1. The Bertz CT molecular complexity index is 918. The summed E-state index contributed by atoms with van der Waals surface area (Å²) in [6.45, 7) is -0.765. The lowest BCUT2D eigenvalue weighted by molar-refractivity contribution is -0.384. The van der Waals surface area contributed by atoms with Crippen LogP contribution in [0.1, 0.15) is 16.1 Å². The van der Waals surface area contributed by atoms with Gasteiger partial charge in [-0.05, 0) is 51.8 Å². The third kappa shape index (κ3) is 5.78. The van der Waals surface area contributed by atoms with E-state index < -0.39 is 29.3 Å². The number of hydrogen-bond acceptors (Lipinski definition) is 7. The average molecular weight is 437 g/mol. The highest BCUT2D eigenvalue weighted by Crippen LogP contribution is 2.16. The molecule has 11 heteroatoms. The zero-order chi connectivity index (χ0) is 20.0. The van der Waals surface area contributed by atoms with Gasteiger partial charge in [0, 0.05) is 12.1 Å². The maximum absolute atomic E-state index is 12.2. The zero-order valence-corrected chi connectivity index (χ0v) is 15.0. The van der Waals surface area contributed by atoms with Crippen molar-refractivity contribution in [3.8, 4) is 0 Å². The van der Waals surface area contributed by atoms with Gasteiger partial charge in [-0.25, -0.2) is 0 Å². The van der Waals surface area contributed by atoms with Crippen molar-refractivity contribution in [2.75, 3.05) is 6.54 Å². The Balaban J connectivity index is 2.27. The molecule has 27 heavy (non-hydrogen) atoms. The number of benzene rings is 1. The molecule has 0 bridgehead atoms. The van der Waals surface area contributed by atoms with E-state index >= 15 is 0 Å². The topological polar surface area (TPSA) is 155 Å². The molecule has 2 rings (SSSR count). The van der Waals surface area contributed by atoms with Crippen LogP contribution in [0.4, 0.5) is 5.69 Å². The molecule has 2 amide bonds. The number of carbonyl (C=O) groups excluding carboxylic acids is 3. The van der Waals surface area contributed by atoms with Gasteiger partial charge in [-0.2, -0.15) is 0 Å². The molecule has 2 aromatic rings. The second-order valence-electron chi connectivity index (χ2n) is 5.02. The molecule has 0 aliphatic rings. The van der Waals surface area contributed by atoms with Crippen LogP contribution in [-0.4, -0.2) is 29.3 Å². The van der Waals surface area contributed by atoms with E-state index in [0.717, 1.165) is 0 Å². The predicted octanol–water partition coefficient (Wildman–Crippen LogP) is 0.587. The van der Waals surface area contributed by atoms with Crippen molar-refractivity contribution in [2.45, 2.75) is 0 Å². The molecule has 2 N–H and O–H groups in total. The molecule has 1 heterocycles. The number of rotatable bonds is 7. The first kappa shape index (κ1) is 19.8. The van der Waals surface area contributed by atoms with Crippen LogP contribution in [0.25, 0.3) is 6.08 Å². The van der Waals surface area contributed by atoms with Crippen LogP contribution in [0, 0.1) is 10.1 Å². The summed E-state index contributed by atoms with van der Waals surface area (Å²) >= 11 is 3.04. The maximum Gasteiger partial charge on any atom is 0.291 e. The van der Waals surface area contributed by atoms with Gasteiger partial charge < -0.3 is 25.0 Å². The van der Waals surface area contributed by atoms with Crippen LogP contribution in [0.3, 0.4) is 0 Å². The number of nitro benzene ring substituents is 1. The second-order valence-corrected chi connectivity index (χ2v) is 5.80. The average Bonchev–Trinajstić information content (AvgIpc) is 3.06. The summed E-state index contributed by atoms with van der Waals surface area (Å²) in [7, 11) is 0. The number of nitrogens with zero attached hydrogens (tertiary/aromatic N) is 1. The maximum atomic E-state index is 12.2. The number of furan rings is 1. The lowest BCUT2D eigenvalue weighted by atomic mass is 10.1. The van der Waals surface area contributed by atoms with Gasteiger partial charge in [0.05, 0.1) is 17.4 Å². The van der Waals surface area contributed by atoms with Crippen molar-refractivity contribution in [2.24, 2.45) is 0 Å². The van der Waals surface area contributed by atoms with E-state index in [1.807, 2.05) is 0 Å².